The topological polar surface area (TPSA) is 128 Å². The number of alkyl carbamates (subject to hydrolysis) is 1. The Morgan fingerprint density at radius 3 is 2.41 bits per heavy atom. The second-order valence-corrected chi connectivity index (χ2v) is 13.7. The molecule has 46 heavy (non-hydrogen) atoms. The van der Waals surface area contributed by atoms with Crippen molar-refractivity contribution in [1.82, 2.24) is 10.3 Å². The van der Waals surface area contributed by atoms with Gasteiger partial charge in [-0.25, -0.2) is 9.78 Å². The maximum Gasteiger partial charge on any atom is 0.407 e. The fourth-order valence-corrected chi connectivity index (χ4v) is 4.78. The highest BCUT2D eigenvalue weighted by atomic mass is 16.6. The molecule has 0 atom stereocenters. The van der Waals surface area contributed by atoms with E-state index in [1.807, 2.05) is 32.9 Å². The lowest BCUT2D eigenvalue weighted by atomic mass is 9.85. The summed E-state index contributed by atoms with van der Waals surface area (Å²) >= 11 is 0. The first-order chi connectivity index (χ1) is 21.7. The summed E-state index contributed by atoms with van der Waals surface area (Å²) < 4.78 is 17.3. The number of fused-ring (bicyclic) bond motifs is 1. The van der Waals surface area contributed by atoms with Gasteiger partial charge in [-0.1, -0.05) is 26.8 Å². The van der Waals surface area contributed by atoms with Gasteiger partial charge in [0.25, 0.3) is 5.91 Å². The largest absolute Gasteiger partial charge is 0.488 e. The van der Waals surface area contributed by atoms with Crippen molar-refractivity contribution < 1.29 is 28.6 Å². The Bertz CT molecular complexity index is 1660. The van der Waals surface area contributed by atoms with Crippen LogP contribution in [0.25, 0.3) is 6.08 Å². The molecule has 1 saturated carbocycles. The van der Waals surface area contributed by atoms with E-state index in [0.717, 1.165) is 24.0 Å². The normalized spacial score (nSPS) is 14.3. The van der Waals surface area contributed by atoms with Gasteiger partial charge in [-0.05, 0) is 99.0 Å². The molecule has 1 aliphatic carbocycles. The summed E-state index contributed by atoms with van der Waals surface area (Å²) in [5.74, 6) is 1.93. The van der Waals surface area contributed by atoms with E-state index in [4.69, 9.17) is 14.2 Å². The van der Waals surface area contributed by atoms with E-state index in [9.17, 15) is 14.4 Å². The van der Waals surface area contributed by atoms with Crippen molar-refractivity contribution >= 4 is 35.5 Å². The number of nitrogens with zero attached hydrogens (tertiary/aromatic N) is 1. The predicted octanol–water partition coefficient (Wildman–Crippen LogP) is 7.00. The van der Waals surface area contributed by atoms with Crippen LogP contribution in [0.5, 0.6) is 17.2 Å². The average molecular weight is 627 g/mol. The van der Waals surface area contributed by atoms with Gasteiger partial charge >= 0.3 is 6.09 Å². The van der Waals surface area contributed by atoms with Crippen molar-refractivity contribution in [2.75, 3.05) is 23.8 Å². The molecule has 2 heterocycles. The maximum absolute atomic E-state index is 13.4. The molecule has 10 nitrogen and oxygen atoms in total. The molecule has 1 aliphatic heterocycles. The van der Waals surface area contributed by atoms with Gasteiger partial charge in [-0.3, -0.25) is 9.59 Å². The number of carbonyl (C=O) groups excluding carboxylic acids is 3. The van der Waals surface area contributed by atoms with Crippen LogP contribution in [0.1, 0.15) is 71.1 Å². The smallest absolute Gasteiger partial charge is 0.407 e. The molecule has 3 amide bonds. The first kappa shape index (κ1) is 32.5. The average Bonchev–Trinajstić information content (AvgIpc) is 3.82. The Kier molecular flexibility index (Phi) is 9.37. The van der Waals surface area contributed by atoms with Crippen molar-refractivity contribution in [1.29, 1.82) is 0 Å². The molecular formula is C36H42N4O6. The van der Waals surface area contributed by atoms with E-state index in [0.29, 0.717) is 52.9 Å². The summed E-state index contributed by atoms with van der Waals surface area (Å²) in [5, 5.41) is 8.67. The third-order valence-electron chi connectivity index (χ3n) is 7.35. The highest BCUT2D eigenvalue weighted by molar-refractivity contribution is 6.07. The second kappa shape index (κ2) is 13.2. The Morgan fingerprint density at radius 1 is 0.935 bits per heavy atom. The number of anilines is 2. The molecular weight excluding hydrogens is 584 g/mol. The van der Waals surface area contributed by atoms with Gasteiger partial charge < -0.3 is 30.2 Å². The van der Waals surface area contributed by atoms with Gasteiger partial charge in [-0.2, -0.15) is 0 Å². The number of pyridine rings is 1. The second-order valence-electron chi connectivity index (χ2n) is 13.7. The molecule has 2 aromatic carbocycles. The third-order valence-corrected chi connectivity index (χ3v) is 7.35. The van der Waals surface area contributed by atoms with E-state index < -0.39 is 11.7 Å². The lowest BCUT2D eigenvalue weighted by Crippen LogP contribution is -2.33. The van der Waals surface area contributed by atoms with Crippen LogP contribution in [0.4, 0.5) is 16.3 Å². The van der Waals surface area contributed by atoms with E-state index in [1.165, 1.54) is 0 Å². The Morgan fingerprint density at radius 2 is 1.70 bits per heavy atom. The summed E-state index contributed by atoms with van der Waals surface area (Å²) in [6.07, 6.45) is 5.31. The van der Waals surface area contributed by atoms with Crippen LogP contribution in [-0.4, -0.2) is 41.6 Å². The minimum absolute atomic E-state index is 0.0249. The van der Waals surface area contributed by atoms with Crippen molar-refractivity contribution in [2.45, 2.75) is 71.8 Å². The van der Waals surface area contributed by atoms with Crippen molar-refractivity contribution in [3.63, 3.8) is 0 Å². The zero-order chi connectivity index (χ0) is 33.1. The van der Waals surface area contributed by atoms with Crippen LogP contribution >= 0.6 is 0 Å². The molecule has 2 aliphatic rings. The highest BCUT2D eigenvalue weighted by Crippen LogP contribution is 2.34. The molecule has 1 fully saturated rings. The van der Waals surface area contributed by atoms with Crippen LogP contribution in [0, 0.1) is 5.92 Å². The third kappa shape index (κ3) is 9.09. The summed E-state index contributed by atoms with van der Waals surface area (Å²) in [6.45, 7) is 12.3. The van der Waals surface area contributed by atoms with Gasteiger partial charge in [0, 0.05) is 36.0 Å². The molecule has 1 aromatic heterocycles. The Balaban J connectivity index is 1.26. The van der Waals surface area contributed by atoms with Crippen LogP contribution in [-0.2, 0) is 26.2 Å². The number of hydrogen-bond donors (Lipinski definition) is 3. The number of ether oxygens (including phenoxy) is 3. The molecule has 5 rings (SSSR count). The standard InChI is InChI=1S/C36H42N4O6/c1-35(2,3)26-15-22(11-13-38-34(43)46-36(4,5)6)16-27(19-26)39-33(42)25-17-24-18-28(9-10-30(24)44-21-25)45-29-12-14-37-31(20-29)40-32(41)23-7-8-23/h9-10,12,14-20,23H,7-8,11,13,21H2,1-6H3,(H,38,43)(H,39,42)(H,37,40,41). The van der Waals surface area contributed by atoms with Crippen LogP contribution in [0.15, 0.2) is 60.3 Å². The molecule has 0 unspecified atom stereocenters. The first-order valence-electron chi connectivity index (χ1n) is 15.6. The summed E-state index contributed by atoms with van der Waals surface area (Å²) in [4.78, 5) is 41.9. The molecule has 0 radical (unpaired) electrons. The lowest BCUT2D eigenvalue weighted by Gasteiger charge is -2.23. The van der Waals surface area contributed by atoms with Crippen LogP contribution < -0.4 is 25.4 Å². The van der Waals surface area contributed by atoms with E-state index in [2.05, 4.69) is 47.8 Å². The van der Waals surface area contributed by atoms with Crippen molar-refractivity contribution in [3.8, 4) is 17.2 Å². The van der Waals surface area contributed by atoms with Crippen LogP contribution in [0.2, 0.25) is 0 Å². The summed E-state index contributed by atoms with van der Waals surface area (Å²) in [7, 11) is 0. The molecule has 0 spiro atoms. The number of hydrogen-bond acceptors (Lipinski definition) is 7. The van der Waals surface area contributed by atoms with Gasteiger partial charge in [-0.15, -0.1) is 0 Å². The first-order valence-corrected chi connectivity index (χ1v) is 15.6. The minimum atomic E-state index is -0.570. The molecule has 242 valence electrons. The summed E-state index contributed by atoms with van der Waals surface area (Å²) in [6, 6.07) is 14.8. The summed E-state index contributed by atoms with van der Waals surface area (Å²) in [5.41, 5.74) is 3.15. The fourth-order valence-electron chi connectivity index (χ4n) is 4.78. The predicted molar refractivity (Wildman–Crippen MR) is 177 cm³/mol. The van der Waals surface area contributed by atoms with Crippen LogP contribution in [0.3, 0.4) is 0 Å². The SMILES string of the molecule is CC(C)(C)OC(=O)NCCc1cc(NC(=O)C2=Cc3cc(Oc4ccnc(NC(=O)C5CC5)c4)ccc3OC2)cc(C(C)(C)C)c1. The van der Waals surface area contributed by atoms with Gasteiger partial charge in [0.1, 0.15) is 35.3 Å². The van der Waals surface area contributed by atoms with Gasteiger partial charge in [0.2, 0.25) is 5.91 Å². The maximum atomic E-state index is 13.4. The van der Waals surface area contributed by atoms with Gasteiger partial charge in [0.15, 0.2) is 0 Å². The zero-order valence-electron chi connectivity index (χ0n) is 27.3. The monoisotopic (exact) mass is 626 g/mol. The number of amides is 3. The number of carbonyl (C=O) groups is 3. The van der Waals surface area contributed by atoms with Crippen molar-refractivity contribution in [3.05, 3.63) is 77.0 Å². The zero-order valence-corrected chi connectivity index (χ0v) is 27.3. The van der Waals surface area contributed by atoms with E-state index in [-0.39, 0.29) is 29.8 Å². The highest BCUT2D eigenvalue weighted by Gasteiger charge is 2.30. The minimum Gasteiger partial charge on any atom is -0.488 e. The molecule has 0 saturated heterocycles. The number of aromatic nitrogens is 1. The molecule has 0 bridgehead atoms. The molecule has 3 N–H and O–H groups in total. The molecule has 10 heteroatoms. The Labute approximate surface area is 269 Å². The lowest BCUT2D eigenvalue weighted by molar-refractivity contribution is -0.117. The van der Waals surface area contributed by atoms with E-state index >= 15 is 0 Å². The number of benzene rings is 2. The Hall–Kier alpha value is -4.86. The van der Waals surface area contributed by atoms with Gasteiger partial charge in [0.05, 0.1) is 5.57 Å². The molecule has 3 aromatic rings. The number of rotatable bonds is 9. The van der Waals surface area contributed by atoms with E-state index in [1.54, 1.807) is 42.6 Å². The fraction of sp³-hybridized carbons (Fsp3) is 0.389. The quantitative estimate of drug-likeness (QED) is 0.233. The van der Waals surface area contributed by atoms with Crippen molar-refractivity contribution in [2.24, 2.45) is 5.92 Å². The number of nitrogens with one attached hydrogen (secondary N) is 3.